The number of aromatic nitrogens is 4. The Morgan fingerprint density at radius 1 is 1.33 bits per heavy atom. The van der Waals surface area contributed by atoms with Gasteiger partial charge in [-0.25, -0.2) is 14.9 Å². The number of carbonyl (C=O) groups is 3. The summed E-state index contributed by atoms with van der Waals surface area (Å²) in [6.45, 7) is 3.41. The van der Waals surface area contributed by atoms with Crippen molar-refractivity contribution in [2.45, 2.75) is 31.0 Å². The fourth-order valence-corrected chi connectivity index (χ4v) is 3.60. The van der Waals surface area contributed by atoms with E-state index in [4.69, 9.17) is 0 Å². The maximum absolute atomic E-state index is 12.3. The minimum Gasteiger partial charge on any atom is -0.322 e. The number of hydrazine groups is 1. The molecule has 1 aliphatic heterocycles. The van der Waals surface area contributed by atoms with Crippen LogP contribution in [0.25, 0.3) is 16.8 Å². The van der Waals surface area contributed by atoms with Gasteiger partial charge < -0.3 is 5.32 Å². The van der Waals surface area contributed by atoms with Crippen LogP contribution in [0, 0.1) is 0 Å². The van der Waals surface area contributed by atoms with Crippen LogP contribution in [0.3, 0.4) is 0 Å². The zero-order valence-electron chi connectivity index (χ0n) is 14.6. The third kappa shape index (κ3) is 2.79. The smallest absolute Gasteiger partial charge is 0.322 e. The quantitative estimate of drug-likeness (QED) is 0.444. The summed E-state index contributed by atoms with van der Waals surface area (Å²) in [5.41, 5.74) is 3.05. The zero-order chi connectivity index (χ0) is 19.2. The number of imide groups is 1. The highest BCUT2D eigenvalue weighted by atomic mass is 32.2. The Labute approximate surface area is 157 Å². The van der Waals surface area contributed by atoms with Crippen LogP contribution >= 0.6 is 11.8 Å². The van der Waals surface area contributed by atoms with E-state index in [0.29, 0.717) is 17.4 Å². The molecule has 3 N–H and O–H groups in total. The van der Waals surface area contributed by atoms with Crippen LogP contribution in [0.15, 0.2) is 29.4 Å². The fraction of sp³-hybridized carbons (Fsp3) is 0.312. The lowest BCUT2D eigenvalue weighted by Crippen LogP contribution is -2.49. The first-order chi connectivity index (χ1) is 12.9. The summed E-state index contributed by atoms with van der Waals surface area (Å²) < 4.78 is 1.81. The van der Waals surface area contributed by atoms with Crippen molar-refractivity contribution in [3.05, 3.63) is 24.3 Å². The number of amides is 4. The summed E-state index contributed by atoms with van der Waals surface area (Å²) in [4.78, 5) is 40.9. The van der Waals surface area contributed by atoms with Crippen molar-refractivity contribution in [2.75, 3.05) is 5.75 Å². The zero-order valence-corrected chi connectivity index (χ0v) is 15.5. The molecule has 4 amide bonds. The van der Waals surface area contributed by atoms with Gasteiger partial charge in [0.1, 0.15) is 5.54 Å². The Morgan fingerprint density at radius 2 is 2.11 bits per heavy atom. The van der Waals surface area contributed by atoms with Gasteiger partial charge >= 0.3 is 6.03 Å². The Morgan fingerprint density at radius 3 is 2.85 bits per heavy atom. The topological polar surface area (TPSA) is 124 Å². The van der Waals surface area contributed by atoms with Crippen molar-refractivity contribution in [1.29, 1.82) is 0 Å². The molecule has 1 atom stereocenters. The monoisotopic (exact) mass is 387 g/mol. The molecule has 3 heterocycles. The average Bonchev–Trinajstić information content (AvgIpc) is 3.28. The van der Waals surface area contributed by atoms with Crippen LogP contribution in [0.5, 0.6) is 0 Å². The second kappa shape index (κ2) is 6.27. The van der Waals surface area contributed by atoms with E-state index in [1.54, 1.807) is 13.8 Å². The molecule has 0 bridgehead atoms. The molecular formula is C16H17N7O3S. The number of thioether (sulfide) groups is 1. The van der Waals surface area contributed by atoms with E-state index in [-0.39, 0.29) is 5.75 Å². The number of carbonyl (C=O) groups excluding carboxylic acids is 3. The molecule has 140 valence electrons. The third-order valence-corrected chi connectivity index (χ3v) is 5.48. The van der Waals surface area contributed by atoms with Crippen molar-refractivity contribution in [3.8, 4) is 0 Å². The van der Waals surface area contributed by atoms with Gasteiger partial charge in [-0.15, -0.1) is 5.10 Å². The number of nitrogens with one attached hydrogen (secondary N) is 3. The van der Waals surface area contributed by atoms with Crippen molar-refractivity contribution >= 4 is 46.4 Å². The lowest BCUT2D eigenvalue weighted by Gasteiger charge is -2.19. The van der Waals surface area contributed by atoms with Gasteiger partial charge in [-0.1, -0.05) is 30.8 Å². The molecule has 0 radical (unpaired) electrons. The van der Waals surface area contributed by atoms with E-state index >= 15 is 0 Å². The van der Waals surface area contributed by atoms with Gasteiger partial charge in [0.05, 0.1) is 16.8 Å². The average molecular weight is 387 g/mol. The predicted molar refractivity (Wildman–Crippen MR) is 97.8 cm³/mol. The number of imidazole rings is 1. The van der Waals surface area contributed by atoms with Crippen molar-refractivity contribution in [3.63, 3.8) is 0 Å². The first-order valence-corrected chi connectivity index (χ1v) is 9.32. The number of nitrogens with zero attached hydrogens (tertiary/aromatic N) is 4. The van der Waals surface area contributed by atoms with Gasteiger partial charge in [-0.05, 0) is 25.5 Å². The van der Waals surface area contributed by atoms with Gasteiger partial charge in [0, 0.05) is 0 Å². The number of urea groups is 1. The van der Waals surface area contributed by atoms with Crippen LogP contribution in [0.2, 0.25) is 0 Å². The Hall–Kier alpha value is -3.08. The molecule has 27 heavy (non-hydrogen) atoms. The van der Waals surface area contributed by atoms with Crippen LogP contribution in [-0.4, -0.2) is 53.7 Å². The van der Waals surface area contributed by atoms with Crippen molar-refractivity contribution < 1.29 is 14.4 Å². The molecule has 1 saturated heterocycles. The maximum Gasteiger partial charge on any atom is 0.344 e. The van der Waals surface area contributed by atoms with Gasteiger partial charge in [0.15, 0.2) is 5.16 Å². The standard InChI is InChI=1S/C16H17N7O3S/c1-3-16(2)12(25)23(14(26)18-16)21-11(24)8-27-15-20-19-13-17-9-6-4-5-7-10(9)22(13)15/h4-7H,3,8H2,1-2H3,(H,17,19)(H,18,26)(H,21,24). The summed E-state index contributed by atoms with van der Waals surface area (Å²) in [7, 11) is 0. The van der Waals surface area contributed by atoms with Crippen LogP contribution in [0.1, 0.15) is 20.3 Å². The van der Waals surface area contributed by atoms with Gasteiger partial charge in [0.25, 0.3) is 5.91 Å². The summed E-state index contributed by atoms with van der Waals surface area (Å²) in [6, 6.07) is 6.95. The third-order valence-electron chi connectivity index (χ3n) is 4.54. The van der Waals surface area contributed by atoms with E-state index in [9.17, 15) is 14.4 Å². The molecule has 10 nitrogen and oxygen atoms in total. The van der Waals surface area contributed by atoms with Gasteiger partial charge in [-0.3, -0.25) is 19.4 Å². The van der Waals surface area contributed by atoms with E-state index in [1.165, 1.54) is 11.8 Å². The van der Waals surface area contributed by atoms with E-state index in [2.05, 4.69) is 25.9 Å². The van der Waals surface area contributed by atoms with Crippen LogP contribution in [0.4, 0.5) is 4.79 Å². The summed E-state index contributed by atoms with van der Waals surface area (Å²) >= 11 is 1.17. The Balaban J connectivity index is 1.47. The number of hydrogen-bond acceptors (Lipinski definition) is 6. The molecule has 3 aromatic rings. The second-order valence-corrected chi connectivity index (χ2v) is 7.29. The van der Waals surface area contributed by atoms with Crippen molar-refractivity contribution in [1.82, 2.24) is 35.3 Å². The number of fused-ring (bicyclic) bond motifs is 3. The molecular weight excluding hydrogens is 370 g/mol. The van der Waals surface area contributed by atoms with E-state index in [1.807, 2.05) is 28.7 Å². The number of H-pyrrole nitrogens is 1. The number of benzene rings is 1. The largest absolute Gasteiger partial charge is 0.344 e. The molecule has 1 aromatic carbocycles. The number of rotatable bonds is 5. The van der Waals surface area contributed by atoms with Crippen LogP contribution < -0.4 is 10.7 Å². The van der Waals surface area contributed by atoms with Crippen molar-refractivity contribution in [2.24, 2.45) is 0 Å². The lowest BCUT2D eigenvalue weighted by molar-refractivity contribution is -0.137. The second-order valence-electron chi connectivity index (χ2n) is 6.35. The first-order valence-electron chi connectivity index (χ1n) is 8.33. The Kier molecular flexibility index (Phi) is 4.02. The van der Waals surface area contributed by atoms with Crippen LogP contribution in [-0.2, 0) is 9.59 Å². The number of para-hydroxylation sites is 2. The molecule has 1 aliphatic rings. The highest BCUT2D eigenvalue weighted by molar-refractivity contribution is 7.99. The molecule has 1 fully saturated rings. The highest BCUT2D eigenvalue weighted by Crippen LogP contribution is 2.23. The number of aromatic amines is 1. The fourth-order valence-electron chi connectivity index (χ4n) is 2.85. The summed E-state index contributed by atoms with van der Waals surface area (Å²) in [5, 5.41) is 10.9. The normalized spacial score (nSPS) is 19.9. The maximum atomic E-state index is 12.3. The lowest BCUT2D eigenvalue weighted by atomic mass is 10.00. The molecule has 11 heteroatoms. The van der Waals surface area contributed by atoms with E-state index < -0.39 is 23.4 Å². The van der Waals surface area contributed by atoms with Gasteiger partial charge in [0.2, 0.25) is 11.7 Å². The summed E-state index contributed by atoms with van der Waals surface area (Å²) in [5.74, 6) is -0.403. The molecule has 0 saturated carbocycles. The van der Waals surface area contributed by atoms with Gasteiger partial charge in [-0.2, -0.15) is 5.01 Å². The first kappa shape index (κ1) is 17.3. The SMILES string of the molecule is CCC1(C)NC(=O)N(NC(=O)CSc2n[nH]c3nc4ccccc4n23)C1=O. The molecule has 2 aromatic heterocycles. The molecule has 0 aliphatic carbocycles. The minimum atomic E-state index is -0.998. The molecule has 0 spiro atoms. The molecule has 4 rings (SSSR count). The minimum absolute atomic E-state index is 0.0215. The highest BCUT2D eigenvalue weighted by Gasteiger charge is 2.47. The Bertz CT molecular complexity index is 1070. The number of hydrogen-bond donors (Lipinski definition) is 3. The van der Waals surface area contributed by atoms with E-state index in [0.717, 1.165) is 16.0 Å². The molecule has 1 unspecified atom stereocenters. The predicted octanol–water partition coefficient (Wildman–Crippen LogP) is 1.05. The summed E-state index contributed by atoms with van der Waals surface area (Å²) in [6.07, 6.45) is 0.428.